The van der Waals surface area contributed by atoms with Crippen LogP contribution >= 0.6 is 23.2 Å². The molecule has 0 unspecified atom stereocenters. The SMILES string of the molecule is CC1(C)[C@]2(C(=O)Oc3ccc(Cl)cc3Cl)CC[C@@]1(C)C(=O)C2. The first-order valence-corrected chi connectivity index (χ1v) is 8.10. The van der Waals surface area contributed by atoms with Gasteiger partial charge in [0.05, 0.1) is 10.4 Å². The number of esters is 1. The van der Waals surface area contributed by atoms with Crippen LogP contribution < -0.4 is 4.74 Å². The van der Waals surface area contributed by atoms with E-state index in [4.69, 9.17) is 27.9 Å². The number of Topliss-reactive ketones (excluding diaryl/α,β-unsaturated/α-hetero) is 1. The summed E-state index contributed by atoms with van der Waals surface area (Å²) in [6.07, 6.45) is 1.65. The van der Waals surface area contributed by atoms with Crippen LogP contribution in [0.15, 0.2) is 18.2 Å². The van der Waals surface area contributed by atoms with Gasteiger partial charge in [0, 0.05) is 16.9 Å². The molecule has 118 valence electrons. The molecule has 0 spiro atoms. The van der Waals surface area contributed by atoms with Gasteiger partial charge in [0.1, 0.15) is 11.5 Å². The molecule has 3 nitrogen and oxygen atoms in total. The van der Waals surface area contributed by atoms with Gasteiger partial charge in [-0.1, -0.05) is 44.0 Å². The van der Waals surface area contributed by atoms with Crippen molar-refractivity contribution >= 4 is 35.0 Å². The molecule has 2 bridgehead atoms. The molecule has 1 aromatic carbocycles. The Morgan fingerprint density at radius 2 is 1.86 bits per heavy atom. The molecule has 0 heterocycles. The minimum atomic E-state index is -0.762. The predicted molar refractivity (Wildman–Crippen MR) is 85.3 cm³/mol. The van der Waals surface area contributed by atoms with Crippen LogP contribution in [-0.4, -0.2) is 11.8 Å². The molecule has 0 aromatic heterocycles. The smallest absolute Gasteiger partial charge is 0.318 e. The summed E-state index contributed by atoms with van der Waals surface area (Å²) in [5, 5.41) is 0.771. The van der Waals surface area contributed by atoms with Crippen LogP contribution in [0.3, 0.4) is 0 Å². The molecule has 5 heteroatoms. The summed E-state index contributed by atoms with van der Waals surface area (Å²) >= 11 is 11.9. The highest BCUT2D eigenvalue weighted by molar-refractivity contribution is 6.35. The second-order valence-corrected chi connectivity index (χ2v) is 7.95. The zero-order chi connectivity index (χ0) is 16.3. The lowest BCUT2D eigenvalue weighted by atomic mass is 9.65. The number of benzene rings is 1. The fourth-order valence-electron chi connectivity index (χ4n) is 4.07. The number of carbonyl (C=O) groups excluding carboxylic acids is 2. The number of fused-ring (bicyclic) bond motifs is 2. The first-order valence-electron chi connectivity index (χ1n) is 7.35. The monoisotopic (exact) mass is 340 g/mol. The third kappa shape index (κ3) is 1.82. The van der Waals surface area contributed by atoms with Gasteiger partial charge >= 0.3 is 5.97 Å². The maximum absolute atomic E-state index is 12.9. The number of hydrogen-bond acceptors (Lipinski definition) is 3. The molecule has 2 saturated carbocycles. The van der Waals surface area contributed by atoms with Crippen molar-refractivity contribution in [3.05, 3.63) is 28.2 Å². The highest BCUT2D eigenvalue weighted by Gasteiger charge is 2.73. The highest BCUT2D eigenvalue weighted by Crippen LogP contribution is 2.70. The molecule has 0 radical (unpaired) electrons. The highest BCUT2D eigenvalue weighted by atomic mass is 35.5. The number of carbonyl (C=O) groups is 2. The van der Waals surface area contributed by atoms with Crippen molar-refractivity contribution in [3.63, 3.8) is 0 Å². The zero-order valence-corrected chi connectivity index (χ0v) is 14.3. The number of rotatable bonds is 2. The van der Waals surface area contributed by atoms with Crippen molar-refractivity contribution in [2.45, 2.75) is 40.0 Å². The number of halogens is 2. The van der Waals surface area contributed by atoms with Crippen molar-refractivity contribution in [2.24, 2.45) is 16.2 Å². The summed E-state index contributed by atoms with van der Waals surface area (Å²) in [6, 6.07) is 4.74. The lowest BCUT2D eigenvalue weighted by Crippen LogP contribution is -2.42. The van der Waals surface area contributed by atoms with Crippen molar-refractivity contribution in [3.8, 4) is 5.75 Å². The van der Waals surface area contributed by atoms with Gasteiger partial charge in [-0.15, -0.1) is 0 Å². The minimum absolute atomic E-state index is 0.155. The number of ketones is 1. The zero-order valence-electron chi connectivity index (χ0n) is 12.8. The summed E-state index contributed by atoms with van der Waals surface area (Å²) < 4.78 is 5.55. The van der Waals surface area contributed by atoms with Crippen LogP contribution in [-0.2, 0) is 9.59 Å². The standard InChI is InChI=1S/C17H18Cl2O3/c1-15(2)16(3)6-7-17(15,9-13(16)20)14(21)22-12-5-4-10(18)8-11(12)19/h4-5,8H,6-7,9H2,1-3H3/t16-,17+/m0/s1. The Labute approximate surface area is 139 Å². The Balaban J connectivity index is 1.94. The molecule has 0 N–H and O–H groups in total. The van der Waals surface area contributed by atoms with Crippen molar-refractivity contribution in [1.29, 1.82) is 0 Å². The van der Waals surface area contributed by atoms with E-state index in [2.05, 4.69) is 0 Å². The third-order valence-corrected chi connectivity index (χ3v) is 6.72. The Morgan fingerprint density at radius 1 is 1.18 bits per heavy atom. The maximum Gasteiger partial charge on any atom is 0.318 e. The molecule has 1 aromatic rings. The third-order valence-electron chi connectivity index (χ3n) is 6.19. The van der Waals surface area contributed by atoms with Gasteiger partial charge in [-0.3, -0.25) is 9.59 Å². The second kappa shape index (κ2) is 4.72. The second-order valence-electron chi connectivity index (χ2n) is 7.10. The van der Waals surface area contributed by atoms with E-state index in [1.54, 1.807) is 12.1 Å². The molecule has 0 aliphatic heterocycles. The van der Waals surface area contributed by atoms with Gasteiger partial charge in [0.2, 0.25) is 0 Å². The van der Waals surface area contributed by atoms with Gasteiger partial charge < -0.3 is 4.74 Å². The van der Waals surface area contributed by atoms with Crippen LogP contribution in [0.1, 0.15) is 40.0 Å². The fourth-order valence-corrected chi connectivity index (χ4v) is 4.51. The van der Waals surface area contributed by atoms with Crippen LogP contribution in [0.2, 0.25) is 10.0 Å². The Morgan fingerprint density at radius 3 is 2.36 bits per heavy atom. The summed E-state index contributed by atoms with van der Waals surface area (Å²) in [5.74, 6) is 0.0772. The maximum atomic E-state index is 12.9. The molecule has 2 fully saturated rings. The topological polar surface area (TPSA) is 43.4 Å². The quantitative estimate of drug-likeness (QED) is 0.579. The molecule has 3 rings (SSSR count). The molecule has 22 heavy (non-hydrogen) atoms. The lowest BCUT2D eigenvalue weighted by molar-refractivity contribution is -0.151. The molecule has 0 saturated heterocycles. The van der Waals surface area contributed by atoms with Gasteiger partial charge in [-0.25, -0.2) is 0 Å². The number of ether oxygens (including phenoxy) is 1. The van der Waals surface area contributed by atoms with E-state index in [9.17, 15) is 9.59 Å². The van der Waals surface area contributed by atoms with Gasteiger partial charge in [0.15, 0.2) is 0 Å². The van der Waals surface area contributed by atoms with Crippen LogP contribution in [0.25, 0.3) is 0 Å². The molecular weight excluding hydrogens is 323 g/mol. The van der Waals surface area contributed by atoms with Crippen molar-refractivity contribution in [2.75, 3.05) is 0 Å². The summed E-state index contributed by atoms with van der Waals surface area (Å²) in [7, 11) is 0. The fraction of sp³-hybridized carbons (Fsp3) is 0.529. The van der Waals surface area contributed by atoms with E-state index < -0.39 is 16.2 Å². The Hall–Kier alpha value is -1.06. The summed E-state index contributed by atoms with van der Waals surface area (Å²) in [5.41, 5.74) is -1.63. The molecular formula is C17H18Cl2O3. The van der Waals surface area contributed by atoms with Crippen LogP contribution in [0.4, 0.5) is 0 Å². The van der Waals surface area contributed by atoms with Crippen molar-refractivity contribution < 1.29 is 14.3 Å². The van der Waals surface area contributed by atoms with E-state index in [1.807, 2.05) is 20.8 Å². The van der Waals surface area contributed by atoms with Gasteiger partial charge in [0.25, 0.3) is 0 Å². The van der Waals surface area contributed by atoms with Crippen molar-refractivity contribution in [1.82, 2.24) is 0 Å². The minimum Gasteiger partial charge on any atom is -0.424 e. The first-order chi connectivity index (χ1) is 10.1. The normalized spacial score (nSPS) is 32.3. The van der Waals surface area contributed by atoms with E-state index in [0.29, 0.717) is 16.5 Å². The predicted octanol–water partition coefficient (Wildman–Crippen LogP) is 4.68. The first kappa shape index (κ1) is 15.8. The van der Waals surface area contributed by atoms with E-state index in [0.717, 1.165) is 6.42 Å². The average Bonchev–Trinajstić information content (AvgIpc) is 2.72. The molecule has 2 aliphatic carbocycles. The van der Waals surface area contributed by atoms with Crippen LogP contribution in [0, 0.1) is 16.2 Å². The summed E-state index contributed by atoms with van der Waals surface area (Å²) in [6.45, 7) is 5.96. The summed E-state index contributed by atoms with van der Waals surface area (Å²) in [4.78, 5) is 25.3. The molecule has 2 atom stereocenters. The molecule has 2 aliphatic rings. The van der Waals surface area contributed by atoms with E-state index >= 15 is 0 Å². The molecule has 0 amide bonds. The Kier molecular flexibility index (Phi) is 3.39. The van der Waals surface area contributed by atoms with Gasteiger partial charge in [-0.2, -0.15) is 0 Å². The lowest BCUT2D eigenvalue weighted by Gasteiger charge is -2.37. The largest absolute Gasteiger partial charge is 0.424 e. The number of hydrogen-bond donors (Lipinski definition) is 0. The average molecular weight is 341 g/mol. The van der Waals surface area contributed by atoms with Crippen LogP contribution in [0.5, 0.6) is 5.75 Å². The van der Waals surface area contributed by atoms with E-state index in [-0.39, 0.29) is 23.9 Å². The van der Waals surface area contributed by atoms with E-state index in [1.165, 1.54) is 6.07 Å². The van der Waals surface area contributed by atoms with Gasteiger partial charge in [-0.05, 0) is 36.5 Å². The Bertz CT molecular complexity index is 682.